The standard InChI is InChI=1S/C27H25N7/c28-25-24-23(22-15-18-5-1-2-6-19(18)30-22)33-27(34(24)14-13-29-25)17-11-9-16(10-12-17)26-31-20-7-3-4-8-21(20)32-26/h1-8,13-17,30H,9-12H2,(H2,28,29)(H,31,32). The molecule has 1 fully saturated rings. The van der Waals surface area contributed by atoms with Crippen LogP contribution in [-0.2, 0) is 0 Å². The van der Waals surface area contributed by atoms with Gasteiger partial charge in [0.05, 0.1) is 16.7 Å². The fourth-order valence-corrected chi connectivity index (χ4v) is 5.55. The number of nitrogen functional groups attached to an aromatic ring is 1. The monoisotopic (exact) mass is 447 g/mol. The molecule has 0 spiro atoms. The summed E-state index contributed by atoms with van der Waals surface area (Å²) in [4.78, 5) is 21.4. The third-order valence-electron chi connectivity index (χ3n) is 7.28. The number of H-pyrrole nitrogens is 2. The molecule has 6 aromatic rings. The first-order chi connectivity index (χ1) is 16.7. The average Bonchev–Trinajstić information content (AvgIpc) is 3.59. The van der Waals surface area contributed by atoms with E-state index in [4.69, 9.17) is 15.7 Å². The van der Waals surface area contributed by atoms with Gasteiger partial charge in [0.2, 0.25) is 0 Å². The van der Waals surface area contributed by atoms with Gasteiger partial charge in [-0.1, -0.05) is 30.3 Å². The SMILES string of the molecule is Nc1nccn2c(C3CCC(c4nc5ccccc5[nH]4)CC3)nc(-c3cc4ccccc4[nH]3)c12. The molecule has 2 aromatic carbocycles. The highest BCUT2D eigenvalue weighted by molar-refractivity contribution is 5.91. The van der Waals surface area contributed by atoms with Crippen molar-refractivity contribution in [2.75, 3.05) is 5.73 Å². The maximum Gasteiger partial charge on any atom is 0.150 e. The van der Waals surface area contributed by atoms with Gasteiger partial charge in [-0.3, -0.25) is 4.40 Å². The summed E-state index contributed by atoms with van der Waals surface area (Å²) in [5.41, 5.74) is 12.3. The Morgan fingerprint density at radius 2 is 1.62 bits per heavy atom. The Hall–Kier alpha value is -4.13. The number of anilines is 1. The topological polar surface area (TPSA) is 101 Å². The second-order valence-electron chi connectivity index (χ2n) is 9.31. The number of imidazole rings is 2. The van der Waals surface area contributed by atoms with Crippen LogP contribution in [-0.4, -0.2) is 29.3 Å². The lowest BCUT2D eigenvalue weighted by Crippen LogP contribution is -2.15. The zero-order valence-electron chi connectivity index (χ0n) is 18.7. The number of nitrogens with zero attached hydrogens (tertiary/aromatic N) is 4. The summed E-state index contributed by atoms with van der Waals surface area (Å²) in [6.07, 6.45) is 8.06. The van der Waals surface area contributed by atoms with Gasteiger partial charge in [0.1, 0.15) is 28.7 Å². The summed E-state index contributed by atoms with van der Waals surface area (Å²) in [6, 6.07) is 18.7. The van der Waals surface area contributed by atoms with Crippen LogP contribution in [0.2, 0.25) is 0 Å². The van der Waals surface area contributed by atoms with Crippen LogP contribution in [0.1, 0.15) is 49.2 Å². The van der Waals surface area contributed by atoms with E-state index in [0.717, 1.165) is 76.2 Å². The number of hydrogen-bond donors (Lipinski definition) is 3. The number of aromatic amines is 2. The van der Waals surface area contributed by atoms with Gasteiger partial charge in [0, 0.05) is 35.1 Å². The van der Waals surface area contributed by atoms with Crippen LogP contribution in [0, 0.1) is 0 Å². The van der Waals surface area contributed by atoms with E-state index in [2.05, 4.69) is 55.8 Å². The number of nitrogens with one attached hydrogen (secondary N) is 2. The van der Waals surface area contributed by atoms with Crippen LogP contribution < -0.4 is 5.73 Å². The van der Waals surface area contributed by atoms with E-state index in [1.807, 2.05) is 24.4 Å². The summed E-state index contributed by atoms with van der Waals surface area (Å²) in [5, 5.41) is 1.16. The average molecular weight is 448 g/mol. The van der Waals surface area contributed by atoms with Crippen molar-refractivity contribution >= 4 is 33.3 Å². The maximum absolute atomic E-state index is 6.37. The molecule has 168 valence electrons. The van der Waals surface area contributed by atoms with Gasteiger partial charge in [-0.25, -0.2) is 15.0 Å². The molecule has 4 N–H and O–H groups in total. The normalized spacial score (nSPS) is 18.8. The molecule has 7 nitrogen and oxygen atoms in total. The molecular weight excluding hydrogens is 422 g/mol. The molecule has 0 unspecified atom stereocenters. The Bertz CT molecular complexity index is 1580. The van der Waals surface area contributed by atoms with Crippen molar-refractivity contribution in [3.63, 3.8) is 0 Å². The van der Waals surface area contributed by atoms with Crippen molar-refractivity contribution in [1.29, 1.82) is 0 Å². The van der Waals surface area contributed by atoms with Crippen molar-refractivity contribution in [2.24, 2.45) is 0 Å². The van der Waals surface area contributed by atoms with Crippen LogP contribution in [0.3, 0.4) is 0 Å². The Morgan fingerprint density at radius 1 is 0.853 bits per heavy atom. The molecule has 0 radical (unpaired) electrons. The van der Waals surface area contributed by atoms with Crippen molar-refractivity contribution < 1.29 is 0 Å². The molecule has 4 heterocycles. The molecular formula is C27H25N7. The molecule has 4 aromatic heterocycles. The molecule has 0 atom stereocenters. The zero-order chi connectivity index (χ0) is 22.6. The van der Waals surface area contributed by atoms with Crippen molar-refractivity contribution in [3.8, 4) is 11.4 Å². The van der Waals surface area contributed by atoms with Crippen molar-refractivity contribution in [3.05, 3.63) is 78.6 Å². The third-order valence-corrected chi connectivity index (χ3v) is 7.28. The van der Waals surface area contributed by atoms with Gasteiger partial charge >= 0.3 is 0 Å². The largest absolute Gasteiger partial charge is 0.382 e. The molecule has 0 saturated heterocycles. The molecule has 0 amide bonds. The van der Waals surface area contributed by atoms with Gasteiger partial charge in [0.15, 0.2) is 0 Å². The predicted octanol–water partition coefficient (Wildman–Crippen LogP) is 5.78. The van der Waals surface area contributed by atoms with E-state index < -0.39 is 0 Å². The molecule has 1 saturated carbocycles. The first-order valence-electron chi connectivity index (χ1n) is 11.9. The highest BCUT2D eigenvalue weighted by atomic mass is 15.1. The highest BCUT2D eigenvalue weighted by Gasteiger charge is 2.29. The Morgan fingerprint density at radius 3 is 2.44 bits per heavy atom. The lowest BCUT2D eigenvalue weighted by atomic mass is 9.81. The minimum atomic E-state index is 0.369. The van der Waals surface area contributed by atoms with E-state index in [-0.39, 0.29) is 0 Å². The number of nitrogens with two attached hydrogens (primary N) is 1. The lowest BCUT2D eigenvalue weighted by Gasteiger charge is -2.26. The molecule has 7 heteroatoms. The van der Waals surface area contributed by atoms with Crippen LogP contribution >= 0.6 is 0 Å². The van der Waals surface area contributed by atoms with E-state index in [9.17, 15) is 0 Å². The Kier molecular flexibility index (Phi) is 4.24. The maximum atomic E-state index is 6.37. The molecule has 7 rings (SSSR count). The summed E-state index contributed by atoms with van der Waals surface area (Å²) in [5.74, 6) is 3.51. The van der Waals surface area contributed by atoms with Crippen LogP contribution in [0.5, 0.6) is 0 Å². The van der Waals surface area contributed by atoms with Gasteiger partial charge in [-0.05, 0) is 49.9 Å². The fraction of sp³-hybridized carbons (Fsp3) is 0.222. The van der Waals surface area contributed by atoms with Gasteiger partial charge in [-0.2, -0.15) is 0 Å². The molecule has 1 aliphatic carbocycles. The number of aromatic nitrogens is 6. The van der Waals surface area contributed by atoms with E-state index in [0.29, 0.717) is 17.7 Å². The molecule has 0 aliphatic heterocycles. The summed E-state index contributed by atoms with van der Waals surface area (Å²) >= 11 is 0. The molecule has 0 bridgehead atoms. The van der Waals surface area contributed by atoms with E-state index >= 15 is 0 Å². The Labute approximate surface area is 196 Å². The summed E-state index contributed by atoms with van der Waals surface area (Å²) < 4.78 is 2.15. The van der Waals surface area contributed by atoms with E-state index in [1.165, 1.54) is 0 Å². The summed E-state index contributed by atoms with van der Waals surface area (Å²) in [6.45, 7) is 0. The minimum Gasteiger partial charge on any atom is -0.382 e. The molecule has 34 heavy (non-hydrogen) atoms. The van der Waals surface area contributed by atoms with Gasteiger partial charge < -0.3 is 15.7 Å². The third kappa shape index (κ3) is 3.00. The number of benzene rings is 2. The highest BCUT2D eigenvalue weighted by Crippen LogP contribution is 2.41. The van der Waals surface area contributed by atoms with Crippen molar-refractivity contribution in [1.82, 2.24) is 29.3 Å². The van der Waals surface area contributed by atoms with Crippen LogP contribution in [0.4, 0.5) is 5.82 Å². The fourth-order valence-electron chi connectivity index (χ4n) is 5.55. The second-order valence-corrected chi connectivity index (χ2v) is 9.31. The number of fused-ring (bicyclic) bond motifs is 3. The van der Waals surface area contributed by atoms with Gasteiger partial charge in [-0.15, -0.1) is 0 Å². The smallest absolute Gasteiger partial charge is 0.150 e. The predicted molar refractivity (Wildman–Crippen MR) is 135 cm³/mol. The number of hydrogen-bond acceptors (Lipinski definition) is 4. The van der Waals surface area contributed by atoms with Crippen molar-refractivity contribution in [2.45, 2.75) is 37.5 Å². The molecule has 1 aliphatic rings. The van der Waals surface area contributed by atoms with Crippen LogP contribution in [0.15, 0.2) is 67.0 Å². The second kappa shape index (κ2) is 7.45. The van der Waals surface area contributed by atoms with E-state index in [1.54, 1.807) is 6.20 Å². The summed E-state index contributed by atoms with van der Waals surface area (Å²) in [7, 11) is 0. The minimum absolute atomic E-state index is 0.369. The quantitative estimate of drug-likeness (QED) is 0.320. The first kappa shape index (κ1) is 19.3. The lowest BCUT2D eigenvalue weighted by molar-refractivity contribution is 0.376. The van der Waals surface area contributed by atoms with Crippen LogP contribution in [0.25, 0.3) is 38.8 Å². The zero-order valence-corrected chi connectivity index (χ0v) is 18.7. The van der Waals surface area contributed by atoms with Gasteiger partial charge in [0.25, 0.3) is 0 Å². The number of para-hydroxylation sites is 3. The Balaban J connectivity index is 1.23. The first-order valence-corrected chi connectivity index (χ1v) is 11.9. The number of rotatable bonds is 3.